The Morgan fingerprint density at radius 3 is 2.84 bits per heavy atom. The second-order valence-electron chi connectivity index (χ2n) is 7.88. The molecule has 0 fully saturated rings. The van der Waals surface area contributed by atoms with E-state index in [9.17, 15) is 9.59 Å². The van der Waals surface area contributed by atoms with E-state index in [0.29, 0.717) is 6.42 Å². The lowest BCUT2D eigenvalue weighted by Crippen LogP contribution is -2.35. The Hall–Kier alpha value is -3.35. The van der Waals surface area contributed by atoms with Gasteiger partial charge in [-0.2, -0.15) is 0 Å². The number of esters is 2. The minimum atomic E-state index is -0.482. The Labute approximate surface area is 180 Å². The van der Waals surface area contributed by atoms with Crippen molar-refractivity contribution in [2.24, 2.45) is 5.11 Å². The van der Waals surface area contributed by atoms with Crippen LogP contribution in [-0.4, -0.2) is 37.0 Å². The molecule has 0 N–H and O–H groups in total. The molecule has 160 valence electrons. The van der Waals surface area contributed by atoms with E-state index >= 15 is 0 Å². The van der Waals surface area contributed by atoms with Gasteiger partial charge >= 0.3 is 11.9 Å². The van der Waals surface area contributed by atoms with Crippen molar-refractivity contribution in [3.05, 3.63) is 57.5 Å². The van der Waals surface area contributed by atoms with Crippen LogP contribution < -0.4 is 9.47 Å². The fourth-order valence-corrected chi connectivity index (χ4v) is 4.49. The van der Waals surface area contributed by atoms with E-state index in [2.05, 4.69) is 28.0 Å². The number of carbonyl (C=O) groups is 2. The van der Waals surface area contributed by atoms with Gasteiger partial charge in [0.25, 0.3) is 0 Å². The zero-order valence-corrected chi connectivity index (χ0v) is 17.6. The molecule has 8 heteroatoms. The van der Waals surface area contributed by atoms with Gasteiger partial charge in [0, 0.05) is 43.0 Å². The molecule has 0 saturated carbocycles. The third kappa shape index (κ3) is 4.13. The monoisotopic (exact) mass is 420 g/mol. The summed E-state index contributed by atoms with van der Waals surface area (Å²) in [5.41, 5.74) is 13.8. The molecule has 1 heterocycles. The van der Waals surface area contributed by atoms with Crippen molar-refractivity contribution in [2.75, 3.05) is 20.1 Å². The van der Waals surface area contributed by atoms with E-state index in [4.69, 9.17) is 15.0 Å². The summed E-state index contributed by atoms with van der Waals surface area (Å²) >= 11 is 0. The number of hydrogen-bond acceptors (Lipinski definition) is 6. The van der Waals surface area contributed by atoms with Gasteiger partial charge in [-0.1, -0.05) is 29.4 Å². The van der Waals surface area contributed by atoms with E-state index in [1.807, 2.05) is 18.2 Å². The Morgan fingerprint density at radius 2 is 2.06 bits per heavy atom. The first-order valence-electron chi connectivity index (χ1n) is 10.4. The number of benzene rings is 2. The normalized spacial score (nSPS) is 16.5. The number of likely N-dealkylation sites (N-methyl/N-ethyl adjacent to an activating group) is 1. The van der Waals surface area contributed by atoms with Crippen LogP contribution in [0.25, 0.3) is 21.6 Å². The summed E-state index contributed by atoms with van der Waals surface area (Å²) in [4.78, 5) is 29.3. The molecule has 2 aliphatic rings. The molecule has 2 aromatic rings. The predicted octanol–water partition coefficient (Wildman–Crippen LogP) is 4.36. The van der Waals surface area contributed by atoms with Crippen LogP contribution in [0.2, 0.25) is 0 Å². The molecule has 4 rings (SSSR count). The highest BCUT2D eigenvalue weighted by atomic mass is 16.6. The lowest BCUT2D eigenvalue weighted by molar-refractivity contribution is -0.136. The van der Waals surface area contributed by atoms with E-state index in [1.54, 1.807) is 6.07 Å². The standard InChI is InChI=1S/C23H24N4O4/c1-14(28)30-19-9-8-16-13-18-21-15(10-12-27(18)2)5-3-6-17(21)22(16)23(19)31-20(29)7-4-11-25-26-24/h3,5-6,8-9,18H,4,7,10-13H2,1-2H3/t18-/m1/s1. The van der Waals surface area contributed by atoms with Gasteiger partial charge in [0.15, 0.2) is 11.5 Å². The van der Waals surface area contributed by atoms with Crippen LogP contribution in [0, 0.1) is 0 Å². The topological polar surface area (TPSA) is 105 Å². The van der Waals surface area contributed by atoms with Crippen LogP contribution in [-0.2, 0) is 22.4 Å². The van der Waals surface area contributed by atoms with Crippen LogP contribution in [0.5, 0.6) is 11.5 Å². The highest BCUT2D eigenvalue weighted by Gasteiger charge is 2.35. The van der Waals surface area contributed by atoms with Gasteiger partial charge in [0.1, 0.15) is 0 Å². The van der Waals surface area contributed by atoms with Crippen molar-refractivity contribution in [1.82, 2.24) is 4.90 Å². The second kappa shape index (κ2) is 8.79. The number of hydrogen-bond donors (Lipinski definition) is 0. The predicted molar refractivity (Wildman–Crippen MR) is 115 cm³/mol. The maximum absolute atomic E-state index is 12.6. The third-order valence-corrected chi connectivity index (χ3v) is 5.86. The van der Waals surface area contributed by atoms with Gasteiger partial charge in [0.2, 0.25) is 0 Å². The summed E-state index contributed by atoms with van der Waals surface area (Å²) < 4.78 is 11.2. The Morgan fingerprint density at radius 1 is 1.23 bits per heavy atom. The zero-order valence-electron chi connectivity index (χ0n) is 17.6. The third-order valence-electron chi connectivity index (χ3n) is 5.86. The summed E-state index contributed by atoms with van der Waals surface area (Å²) in [5.74, 6) is -0.431. The average molecular weight is 420 g/mol. The lowest BCUT2D eigenvalue weighted by atomic mass is 9.77. The van der Waals surface area contributed by atoms with Crippen molar-refractivity contribution in [3.8, 4) is 22.6 Å². The first-order chi connectivity index (χ1) is 15.0. The molecule has 0 saturated heterocycles. The quantitative estimate of drug-likeness (QED) is 0.172. The fourth-order valence-electron chi connectivity index (χ4n) is 4.49. The average Bonchev–Trinajstić information content (AvgIpc) is 2.75. The molecule has 1 atom stereocenters. The summed E-state index contributed by atoms with van der Waals surface area (Å²) in [5, 5.41) is 3.45. The summed E-state index contributed by atoms with van der Waals surface area (Å²) in [7, 11) is 2.13. The van der Waals surface area contributed by atoms with Gasteiger partial charge in [-0.15, -0.1) is 0 Å². The SMILES string of the molecule is CC(=O)Oc1ccc2c(c1OC(=O)CCCN=[N+]=[N-])-c1cccc3c1[C@@H](C2)N(C)CC3. The summed E-state index contributed by atoms with van der Waals surface area (Å²) in [6.07, 6.45) is 2.23. The molecular formula is C23H24N4O4. The first kappa shape index (κ1) is 20.9. The van der Waals surface area contributed by atoms with Gasteiger partial charge < -0.3 is 9.47 Å². The molecule has 8 nitrogen and oxygen atoms in total. The fraction of sp³-hybridized carbons (Fsp3) is 0.391. The summed E-state index contributed by atoms with van der Waals surface area (Å²) in [6, 6.07) is 10.1. The van der Waals surface area contributed by atoms with Crippen LogP contribution in [0.4, 0.5) is 0 Å². The minimum Gasteiger partial charge on any atom is -0.423 e. The lowest BCUT2D eigenvalue weighted by Gasteiger charge is -2.40. The molecule has 31 heavy (non-hydrogen) atoms. The number of fused-ring (bicyclic) bond motifs is 2. The zero-order chi connectivity index (χ0) is 22.0. The van der Waals surface area contributed by atoms with Crippen molar-refractivity contribution >= 4 is 11.9 Å². The Balaban J connectivity index is 1.78. The maximum Gasteiger partial charge on any atom is 0.311 e. The second-order valence-corrected chi connectivity index (χ2v) is 7.88. The highest BCUT2D eigenvalue weighted by molar-refractivity contribution is 5.87. The largest absolute Gasteiger partial charge is 0.423 e. The molecule has 1 aliphatic heterocycles. The van der Waals surface area contributed by atoms with E-state index < -0.39 is 11.9 Å². The van der Waals surface area contributed by atoms with E-state index in [-0.39, 0.29) is 30.5 Å². The molecule has 0 spiro atoms. The molecule has 0 radical (unpaired) electrons. The molecular weight excluding hydrogens is 396 g/mol. The summed E-state index contributed by atoms with van der Waals surface area (Å²) in [6.45, 7) is 2.53. The molecule has 0 bridgehead atoms. The molecule has 2 aromatic carbocycles. The number of ether oxygens (including phenoxy) is 2. The molecule has 1 aliphatic carbocycles. The molecule has 0 amide bonds. The highest BCUT2D eigenvalue weighted by Crippen LogP contribution is 2.50. The van der Waals surface area contributed by atoms with E-state index in [0.717, 1.165) is 36.1 Å². The van der Waals surface area contributed by atoms with E-state index in [1.165, 1.54) is 18.1 Å². The van der Waals surface area contributed by atoms with Crippen molar-refractivity contribution in [3.63, 3.8) is 0 Å². The number of azide groups is 1. The van der Waals surface area contributed by atoms with Gasteiger partial charge in [0.05, 0.1) is 0 Å². The van der Waals surface area contributed by atoms with Crippen molar-refractivity contribution < 1.29 is 19.1 Å². The van der Waals surface area contributed by atoms with Gasteiger partial charge in [-0.05, 0) is 60.2 Å². The number of carbonyl (C=O) groups excluding carboxylic acids is 2. The van der Waals surface area contributed by atoms with Crippen LogP contribution in [0.1, 0.15) is 42.5 Å². The van der Waals surface area contributed by atoms with Crippen LogP contribution in [0.3, 0.4) is 0 Å². The minimum absolute atomic E-state index is 0.0977. The van der Waals surface area contributed by atoms with Crippen molar-refractivity contribution in [2.45, 2.75) is 38.6 Å². The Kier molecular flexibility index (Phi) is 5.93. The first-order valence-corrected chi connectivity index (χ1v) is 10.4. The van der Waals surface area contributed by atoms with Gasteiger partial charge in [-0.3, -0.25) is 14.5 Å². The van der Waals surface area contributed by atoms with Crippen LogP contribution >= 0.6 is 0 Å². The van der Waals surface area contributed by atoms with Crippen molar-refractivity contribution in [1.29, 1.82) is 0 Å². The molecule has 0 aromatic heterocycles. The Bertz CT molecular complexity index is 1090. The molecule has 0 unspecified atom stereocenters. The smallest absolute Gasteiger partial charge is 0.311 e. The van der Waals surface area contributed by atoms with Crippen LogP contribution in [0.15, 0.2) is 35.4 Å². The number of nitrogens with zero attached hydrogens (tertiary/aromatic N) is 4. The van der Waals surface area contributed by atoms with Gasteiger partial charge in [-0.25, -0.2) is 0 Å². The maximum atomic E-state index is 12.6. The number of rotatable bonds is 6.